The Balaban J connectivity index is 3.34. The molecule has 0 fully saturated rings. The van der Waals surface area contributed by atoms with Crippen molar-refractivity contribution in [3.05, 3.63) is 29.8 Å². The van der Waals surface area contributed by atoms with Crippen LogP contribution in [0.3, 0.4) is 0 Å². The minimum Gasteiger partial charge on any atom is -0.508 e. The molecule has 0 aromatic heterocycles. The summed E-state index contributed by atoms with van der Waals surface area (Å²) in [6.07, 6.45) is 1.66. The number of phenolic OH excluding ortho intramolecular Hbond substituents is 1. The standard InChI is InChI=1S/C25H41N3O5/c1-8-10-14-26-22(30)21(18-12-11-13-19(29)16-18)28(15-9-2)23(31)20(17(3)4)27-24(32)33-25(5,6)7/h11-13,16-17,20-21,29H,8-10,14-15H2,1-7H3,(H,26,30)(H,27,32). The van der Waals surface area contributed by atoms with Crippen molar-refractivity contribution in [2.45, 2.75) is 85.4 Å². The molecule has 33 heavy (non-hydrogen) atoms. The molecule has 3 amide bonds. The van der Waals surface area contributed by atoms with Crippen LogP contribution < -0.4 is 10.6 Å². The lowest BCUT2D eigenvalue weighted by Crippen LogP contribution is -2.55. The lowest BCUT2D eigenvalue weighted by molar-refractivity contribution is -0.143. The van der Waals surface area contributed by atoms with Crippen LogP contribution >= 0.6 is 0 Å². The molecule has 186 valence electrons. The summed E-state index contributed by atoms with van der Waals surface area (Å²) >= 11 is 0. The van der Waals surface area contributed by atoms with Crippen LogP contribution in [0.5, 0.6) is 5.75 Å². The van der Waals surface area contributed by atoms with Gasteiger partial charge in [0.1, 0.15) is 23.4 Å². The van der Waals surface area contributed by atoms with Crippen LogP contribution in [0, 0.1) is 5.92 Å². The number of aromatic hydroxyl groups is 1. The zero-order chi connectivity index (χ0) is 25.2. The van der Waals surface area contributed by atoms with E-state index in [1.807, 2.05) is 27.7 Å². The third kappa shape index (κ3) is 9.32. The SMILES string of the molecule is CCCCNC(=O)C(c1cccc(O)c1)N(CCC)C(=O)C(NC(=O)OC(C)(C)C)C(C)C. The summed E-state index contributed by atoms with van der Waals surface area (Å²) in [6, 6.07) is 4.54. The van der Waals surface area contributed by atoms with Crippen LogP contribution in [0.4, 0.5) is 4.79 Å². The molecule has 0 radical (unpaired) electrons. The van der Waals surface area contributed by atoms with Crippen molar-refractivity contribution in [1.29, 1.82) is 0 Å². The van der Waals surface area contributed by atoms with Crippen LogP contribution in [-0.4, -0.2) is 52.6 Å². The molecule has 2 unspecified atom stereocenters. The number of nitrogens with one attached hydrogen (secondary N) is 2. The number of unbranched alkanes of at least 4 members (excludes halogenated alkanes) is 1. The number of hydrogen-bond donors (Lipinski definition) is 3. The van der Waals surface area contributed by atoms with Gasteiger partial charge in [-0.05, 0) is 57.2 Å². The van der Waals surface area contributed by atoms with Gasteiger partial charge in [0.05, 0.1) is 0 Å². The van der Waals surface area contributed by atoms with Crippen molar-refractivity contribution < 1.29 is 24.2 Å². The summed E-state index contributed by atoms with van der Waals surface area (Å²) in [5.41, 5.74) is -0.202. The van der Waals surface area contributed by atoms with E-state index < -0.39 is 23.8 Å². The van der Waals surface area contributed by atoms with E-state index in [9.17, 15) is 19.5 Å². The third-order valence-electron chi connectivity index (χ3n) is 4.93. The molecule has 0 saturated carbocycles. The first kappa shape index (κ1) is 28.3. The molecule has 0 spiro atoms. The summed E-state index contributed by atoms with van der Waals surface area (Å²) in [5, 5.41) is 15.6. The Kier molecular flexibility index (Phi) is 11.2. The Bertz CT molecular complexity index is 788. The van der Waals surface area contributed by atoms with Crippen molar-refractivity contribution in [3.8, 4) is 5.75 Å². The molecule has 3 N–H and O–H groups in total. The van der Waals surface area contributed by atoms with Crippen molar-refractivity contribution in [1.82, 2.24) is 15.5 Å². The predicted octanol–water partition coefficient (Wildman–Crippen LogP) is 4.14. The number of benzene rings is 1. The van der Waals surface area contributed by atoms with E-state index in [4.69, 9.17) is 4.74 Å². The number of carbonyl (C=O) groups is 3. The average Bonchev–Trinajstić information content (AvgIpc) is 2.70. The molecule has 2 atom stereocenters. The van der Waals surface area contributed by atoms with Gasteiger partial charge in [0.25, 0.3) is 0 Å². The zero-order valence-electron chi connectivity index (χ0n) is 21.1. The normalized spacial score (nSPS) is 13.2. The van der Waals surface area contributed by atoms with Gasteiger partial charge in [0, 0.05) is 13.1 Å². The maximum atomic E-state index is 13.7. The molecule has 0 bridgehead atoms. The Morgan fingerprint density at radius 1 is 1.12 bits per heavy atom. The van der Waals surface area contributed by atoms with E-state index in [1.54, 1.807) is 32.9 Å². The van der Waals surface area contributed by atoms with Gasteiger partial charge in [-0.15, -0.1) is 0 Å². The van der Waals surface area contributed by atoms with Gasteiger partial charge in [0.2, 0.25) is 11.8 Å². The van der Waals surface area contributed by atoms with E-state index in [0.29, 0.717) is 25.1 Å². The summed E-state index contributed by atoms with van der Waals surface area (Å²) in [4.78, 5) is 40.9. The number of carbonyl (C=O) groups excluding carboxylic acids is 3. The number of phenols is 1. The number of amides is 3. The summed E-state index contributed by atoms with van der Waals surface area (Å²) in [5.74, 6) is -0.931. The van der Waals surface area contributed by atoms with Gasteiger partial charge in [-0.3, -0.25) is 9.59 Å². The highest BCUT2D eigenvalue weighted by atomic mass is 16.6. The first-order valence-electron chi connectivity index (χ1n) is 11.8. The quantitative estimate of drug-likeness (QED) is 0.428. The Morgan fingerprint density at radius 3 is 2.30 bits per heavy atom. The highest BCUT2D eigenvalue weighted by Gasteiger charge is 2.37. The number of nitrogens with zero attached hydrogens (tertiary/aromatic N) is 1. The van der Waals surface area contributed by atoms with E-state index in [0.717, 1.165) is 12.8 Å². The first-order chi connectivity index (χ1) is 15.4. The molecule has 0 heterocycles. The fourth-order valence-electron chi connectivity index (χ4n) is 3.39. The lowest BCUT2D eigenvalue weighted by Gasteiger charge is -2.35. The third-order valence-corrected chi connectivity index (χ3v) is 4.93. The van der Waals surface area contributed by atoms with Gasteiger partial charge in [0.15, 0.2) is 0 Å². The Hall–Kier alpha value is -2.77. The van der Waals surface area contributed by atoms with Gasteiger partial charge in [-0.25, -0.2) is 4.79 Å². The van der Waals surface area contributed by atoms with Crippen molar-refractivity contribution in [2.24, 2.45) is 5.92 Å². The predicted molar refractivity (Wildman–Crippen MR) is 129 cm³/mol. The second-order valence-electron chi connectivity index (χ2n) is 9.54. The molecule has 0 saturated heterocycles. The van der Waals surface area contributed by atoms with E-state index in [2.05, 4.69) is 10.6 Å². The minimum absolute atomic E-state index is 0.00930. The molecule has 1 aromatic carbocycles. The molecule has 1 aromatic rings. The summed E-state index contributed by atoms with van der Waals surface area (Å²) in [7, 11) is 0. The molecular formula is C25H41N3O5. The van der Waals surface area contributed by atoms with Gasteiger partial charge in [-0.2, -0.15) is 0 Å². The van der Waals surface area contributed by atoms with Crippen LogP contribution in [0.2, 0.25) is 0 Å². The smallest absolute Gasteiger partial charge is 0.408 e. The Labute approximate surface area is 198 Å². The summed E-state index contributed by atoms with van der Waals surface area (Å²) < 4.78 is 5.35. The largest absolute Gasteiger partial charge is 0.508 e. The van der Waals surface area contributed by atoms with Crippen LogP contribution in [0.15, 0.2) is 24.3 Å². The fraction of sp³-hybridized carbons (Fsp3) is 0.640. The highest BCUT2D eigenvalue weighted by Crippen LogP contribution is 2.26. The molecule has 0 aliphatic carbocycles. The number of alkyl carbamates (subject to hydrolysis) is 1. The number of rotatable bonds is 11. The lowest BCUT2D eigenvalue weighted by atomic mass is 9.98. The molecule has 8 heteroatoms. The molecule has 0 aliphatic heterocycles. The maximum Gasteiger partial charge on any atom is 0.408 e. The molecule has 0 aliphatic rings. The minimum atomic E-state index is -0.942. The molecular weight excluding hydrogens is 422 g/mol. The van der Waals surface area contributed by atoms with Crippen molar-refractivity contribution >= 4 is 17.9 Å². The van der Waals surface area contributed by atoms with Gasteiger partial charge < -0.3 is 25.4 Å². The van der Waals surface area contributed by atoms with Crippen molar-refractivity contribution in [3.63, 3.8) is 0 Å². The van der Waals surface area contributed by atoms with Gasteiger partial charge in [-0.1, -0.05) is 46.2 Å². The second-order valence-corrected chi connectivity index (χ2v) is 9.54. The van der Waals surface area contributed by atoms with Crippen molar-refractivity contribution in [2.75, 3.05) is 13.1 Å². The first-order valence-corrected chi connectivity index (χ1v) is 11.8. The second kappa shape index (κ2) is 13.1. The zero-order valence-corrected chi connectivity index (χ0v) is 21.1. The van der Waals surface area contributed by atoms with Gasteiger partial charge >= 0.3 is 6.09 Å². The maximum absolute atomic E-state index is 13.7. The Morgan fingerprint density at radius 2 is 1.79 bits per heavy atom. The molecule has 8 nitrogen and oxygen atoms in total. The van der Waals surface area contributed by atoms with Crippen LogP contribution in [0.1, 0.15) is 79.3 Å². The average molecular weight is 464 g/mol. The number of hydrogen-bond acceptors (Lipinski definition) is 5. The fourth-order valence-corrected chi connectivity index (χ4v) is 3.39. The topological polar surface area (TPSA) is 108 Å². The van der Waals surface area contributed by atoms with E-state index in [-0.39, 0.29) is 23.5 Å². The summed E-state index contributed by atoms with van der Waals surface area (Å²) in [6.45, 7) is 13.6. The van der Waals surface area contributed by atoms with E-state index >= 15 is 0 Å². The number of ether oxygens (including phenoxy) is 1. The van der Waals surface area contributed by atoms with Crippen LogP contribution in [0.25, 0.3) is 0 Å². The van der Waals surface area contributed by atoms with E-state index in [1.165, 1.54) is 17.0 Å². The monoisotopic (exact) mass is 463 g/mol. The highest BCUT2D eigenvalue weighted by molar-refractivity contribution is 5.92. The van der Waals surface area contributed by atoms with Crippen LogP contribution in [-0.2, 0) is 14.3 Å². The molecule has 1 rings (SSSR count).